The lowest BCUT2D eigenvalue weighted by molar-refractivity contribution is -0.122. The van der Waals surface area contributed by atoms with E-state index in [2.05, 4.69) is 10.6 Å². The summed E-state index contributed by atoms with van der Waals surface area (Å²) in [6.07, 6.45) is 0. The van der Waals surface area contributed by atoms with Gasteiger partial charge in [-0.1, -0.05) is 18.2 Å². The minimum Gasteiger partial charge on any atom is -0.483 e. The van der Waals surface area contributed by atoms with Gasteiger partial charge in [0.1, 0.15) is 5.75 Å². The summed E-state index contributed by atoms with van der Waals surface area (Å²) in [6.45, 7) is 3.30. The van der Waals surface area contributed by atoms with Gasteiger partial charge in [-0.25, -0.2) is 0 Å². The summed E-state index contributed by atoms with van der Waals surface area (Å²) in [6, 6.07) is 7.69. The van der Waals surface area contributed by atoms with Gasteiger partial charge in [0, 0.05) is 18.7 Å². The fraction of sp³-hybridized carbons (Fsp3) is 0.417. The fourth-order valence-corrected chi connectivity index (χ4v) is 1.37. The van der Waals surface area contributed by atoms with Crippen molar-refractivity contribution in [1.29, 1.82) is 0 Å². The van der Waals surface area contributed by atoms with Crippen molar-refractivity contribution in [2.24, 2.45) is 0 Å². The highest BCUT2D eigenvalue weighted by molar-refractivity contribution is 5.77. The molecule has 0 aliphatic heterocycles. The smallest absolute Gasteiger partial charge is 0.257 e. The highest BCUT2D eigenvalue weighted by Crippen LogP contribution is 2.17. The first-order valence-electron chi connectivity index (χ1n) is 5.40. The number of likely N-dealkylation sites (N-methyl/N-ethyl adjacent to an activating group) is 1. The monoisotopic (exact) mass is 222 g/mol. The lowest BCUT2D eigenvalue weighted by Crippen LogP contribution is -2.28. The third-order valence-corrected chi connectivity index (χ3v) is 2.07. The molecule has 0 bridgehead atoms. The van der Waals surface area contributed by atoms with Crippen molar-refractivity contribution in [3.63, 3.8) is 0 Å². The number of hydrogen-bond donors (Lipinski definition) is 2. The number of hydrogen-bond acceptors (Lipinski definition) is 3. The SMILES string of the molecule is CCNC(=O)COc1ccccc1CNC. The maximum atomic E-state index is 11.2. The Morgan fingerprint density at radius 3 is 2.81 bits per heavy atom. The Balaban J connectivity index is 2.55. The van der Waals surface area contributed by atoms with Crippen molar-refractivity contribution in [3.05, 3.63) is 29.8 Å². The Labute approximate surface area is 96.0 Å². The number of nitrogens with one attached hydrogen (secondary N) is 2. The molecular weight excluding hydrogens is 204 g/mol. The van der Waals surface area contributed by atoms with Gasteiger partial charge < -0.3 is 15.4 Å². The predicted octanol–water partition coefficient (Wildman–Crippen LogP) is 0.921. The molecule has 16 heavy (non-hydrogen) atoms. The Kier molecular flexibility index (Phi) is 5.36. The Morgan fingerprint density at radius 1 is 1.38 bits per heavy atom. The molecule has 88 valence electrons. The quantitative estimate of drug-likeness (QED) is 0.752. The molecule has 0 heterocycles. The molecule has 0 spiro atoms. The summed E-state index contributed by atoms with van der Waals surface area (Å²) >= 11 is 0. The van der Waals surface area contributed by atoms with Gasteiger partial charge in [-0.05, 0) is 20.0 Å². The van der Waals surface area contributed by atoms with Crippen LogP contribution in [0.2, 0.25) is 0 Å². The number of ether oxygens (including phenoxy) is 1. The number of carbonyl (C=O) groups is 1. The van der Waals surface area contributed by atoms with E-state index < -0.39 is 0 Å². The normalized spacial score (nSPS) is 9.88. The minimum absolute atomic E-state index is 0.0641. The first kappa shape index (κ1) is 12.5. The second kappa shape index (κ2) is 6.85. The number of rotatable bonds is 6. The Hall–Kier alpha value is -1.55. The molecule has 0 atom stereocenters. The first-order valence-corrected chi connectivity index (χ1v) is 5.40. The van der Waals surface area contributed by atoms with Gasteiger partial charge in [0.15, 0.2) is 6.61 Å². The van der Waals surface area contributed by atoms with E-state index in [0.717, 1.165) is 17.9 Å². The summed E-state index contributed by atoms with van der Waals surface area (Å²) in [5.41, 5.74) is 1.05. The summed E-state index contributed by atoms with van der Waals surface area (Å²) in [5.74, 6) is 0.657. The molecule has 0 unspecified atom stereocenters. The van der Waals surface area contributed by atoms with Crippen LogP contribution in [0.25, 0.3) is 0 Å². The highest BCUT2D eigenvalue weighted by atomic mass is 16.5. The molecule has 1 aromatic carbocycles. The zero-order valence-corrected chi connectivity index (χ0v) is 9.75. The average molecular weight is 222 g/mol. The highest BCUT2D eigenvalue weighted by Gasteiger charge is 2.04. The summed E-state index contributed by atoms with van der Waals surface area (Å²) in [7, 11) is 1.88. The molecule has 0 aliphatic carbocycles. The van der Waals surface area contributed by atoms with Crippen LogP contribution in [0.15, 0.2) is 24.3 Å². The second-order valence-electron chi connectivity index (χ2n) is 3.38. The van der Waals surface area contributed by atoms with E-state index >= 15 is 0 Å². The van der Waals surface area contributed by atoms with Crippen molar-refractivity contribution in [3.8, 4) is 5.75 Å². The molecule has 2 N–H and O–H groups in total. The molecule has 1 amide bonds. The summed E-state index contributed by atoms with van der Waals surface area (Å²) < 4.78 is 5.45. The van der Waals surface area contributed by atoms with Gasteiger partial charge in [0.2, 0.25) is 0 Å². The first-order chi connectivity index (χ1) is 7.77. The van der Waals surface area contributed by atoms with Gasteiger partial charge in [-0.15, -0.1) is 0 Å². The molecule has 0 aliphatic rings. The lowest BCUT2D eigenvalue weighted by Gasteiger charge is -2.10. The van der Waals surface area contributed by atoms with Gasteiger partial charge in [-0.3, -0.25) is 4.79 Å². The molecule has 4 nitrogen and oxygen atoms in total. The maximum Gasteiger partial charge on any atom is 0.257 e. The zero-order chi connectivity index (χ0) is 11.8. The number of amides is 1. The molecule has 1 aromatic rings. The largest absolute Gasteiger partial charge is 0.483 e. The van der Waals surface area contributed by atoms with E-state index in [4.69, 9.17) is 4.74 Å². The van der Waals surface area contributed by atoms with Crippen LogP contribution in [-0.4, -0.2) is 26.1 Å². The molecule has 1 rings (SSSR count). The van der Waals surface area contributed by atoms with Crippen LogP contribution in [0.3, 0.4) is 0 Å². The molecular formula is C12H18N2O2. The molecule has 0 aromatic heterocycles. The van der Waals surface area contributed by atoms with Gasteiger partial charge in [-0.2, -0.15) is 0 Å². The fourth-order valence-electron chi connectivity index (χ4n) is 1.37. The minimum atomic E-state index is -0.0956. The molecule has 0 saturated heterocycles. The number of carbonyl (C=O) groups excluding carboxylic acids is 1. The average Bonchev–Trinajstić information content (AvgIpc) is 2.29. The molecule has 0 saturated carbocycles. The Morgan fingerprint density at radius 2 is 2.12 bits per heavy atom. The summed E-state index contributed by atoms with van der Waals surface area (Å²) in [4.78, 5) is 11.2. The lowest BCUT2D eigenvalue weighted by atomic mass is 10.2. The second-order valence-corrected chi connectivity index (χ2v) is 3.38. The van der Waals surface area contributed by atoms with Gasteiger partial charge in [0.05, 0.1) is 0 Å². The van der Waals surface area contributed by atoms with Crippen molar-refractivity contribution in [2.45, 2.75) is 13.5 Å². The van der Waals surface area contributed by atoms with Crippen LogP contribution in [0.5, 0.6) is 5.75 Å². The third-order valence-electron chi connectivity index (χ3n) is 2.07. The van der Waals surface area contributed by atoms with Crippen LogP contribution < -0.4 is 15.4 Å². The van der Waals surface area contributed by atoms with Gasteiger partial charge in [0.25, 0.3) is 5.91 Å². The molecule has 0 radical (unpaired) electrons. The van der Waals surface area contributed by atoms with E-state index in [1.807, 2.05) is 38.2 Å². The Bertz CT molecular complexity index is 340. The van der Waals surface area contributed by atoms with E-state index in [0.29, 0.717) is 6.54 Å². The van der Waals surface area contributed by atoms with Crippen LogP contribution in [0.1, 0.15) is 12.5 Å². The summed E-state index contributed by atoms with van der Waals surface area (Å²) in [5, 5.41) is 5.74. The molecule has 0 fully saturated rings. The van der Waals surface area contributed by atoms with Gasteiger partial charge >= 0.3 is 0 Å². The van der Waals surface area contributed by atoms with E-state index in [1.165, 1.54) is 0 Å². The third kappa shape index (κ3) is 3.90. The standard InChI is InChI=1S/C12H18N2O2/c1-3-14-12(15)9-16-11-7-5-4-6-10(11)8-13-2/h4-7,13H,3,8-9H2,1-2H3,(H,14,15). The topological polar surface area (TPSA) is 50.4 Å². The van der Waals surface area contributed by atoms with E-state index in [9.17, 15) is 4.79 Å². The van der Waals surface area contributed by atoms with Crippen LogP contribution >= 0.6 is 0 Å². The molecule has 4 heteroatoms. The van der Waals surface area contributed by atoms with Crippen LogP contribution in [0, 0.1) is 0 Å². The van der Waals surface area contributed by atoms with Crippen molar-refractivity contribution >= 4 is 5.91 Å². The van der Waals surface area contributed by atoms with Crippen molar-refractivity contribution in [1.82, 2.24) is 10.6 Å². The van der Waals surface area contributed by atoms with E-state index in [1.54, 1.807) is 0 Å². The van der Waals surface area contributed by atoms with Crippen molar-refractivity contribution in [2.75, 3.05) is 20.2 Å². The van der Waals surface area contributed by atoms with Crippen molar-refractivity contribution < 1.29 is 9.53 Å². The van der Waals surface area contributed by atoms with Crippen LogP contribution in [0.4, 0.5) is 0 Å². The van der Waals surface area contributed by atoms with E-state index in [-0.39, 0.29) is 12.5 Å². The number of benzene rings is 1. The van der Waals surface area contributed by atoms with Crippen LogP contribution in [-0.2, 0) is 11.3 Å². The number of para-hydroxylation sites is 1. The maximum absolute atomic E-state index is 11.2. The predicted molar refractivity (Wildman–Crippen MR) is 63.4 cm³/mol. The zero-order valence-electron chi connectivity index (χ0n) is 9.75.